The van der Waals surface area contributed by atoms with Gasteiger partial charge in [-0.25, -0.2) is 0 Å². The van der Waals surface area contributed by atoms with Gasteiger partial charge in [0.2, 0.25) is 11.8 Å². The number of amidine groups is 1. The lowest BCUT2D eigenvalue weighted by molar-refractivity contribution is -0.149. The number of nitrogens with zero attached hydrogens (tertiary/aromatic N) is 2. The van der Waals surface area contributed by atoms with Gasteiger partial charge < -0.3 is 26.0 Å². The number of hydrogen-bond acceptors (Lipinski definition) is 7. The number of nitrogens with two attached hydrogens (primary N) is 1. The third-order valence-electron chi connectivity index (χ3n) is 4.52. The molecule has 0 aromatic rings. The van der Waals surface area contributed by atoms with Crippen LogP contribution in [0, 0.1) is 5.92 Å². The van der Waals surface area contributed by atoms with Crippen LogP contribution < -0.4 is 16.4 Å². The fourth-order valence-corrected chi connectivity index (χ4v) is 2.99. The van der Waals surface area contributed by atoms with Crippen molar-refractivity contribution in [3.63, 3.8) is 0 Å². The number of hydrogen-bond donors (Lipinski definition) is 3. The van der Waals surface area contributed by atoms with Gasteiger partial charge in [-0.1, -0.05) is 6.42 Å². The normalized spacial score (nSPS) is 13.3. The SMILES string of the molecule is CCOC(=O)CN(C)C(=O)[C@H](CNC)CC(=O)[C@H](CCCCC(N)=NC)NC(C)=O. The summed E-state index contributed by atoms with van der Waals surface area (Å²) in [6.45, 7) is 3.36. The van der Waals surface area contributed by atoms with E-state index >= 15 is 0 Å². The molecule has 0 aliphatic carbocycles. The molecule has 0 rings (SSSR count). The summed E-state index contributed by atoms with van der Waals surface area (Å²) in [6, 6.07) is -0.676. The van der Waals surface area contributed by atoms with Crippen LogP contribution in [-0.4, -0.2) is 81.2 Å². The van der Waals surface area contributed by atoms with E-state index in [4.69, 9.17) is 10.5 Å². The second-order valence-electron chi connectivity index (χ2n) is 7.14. The molecule has 2 atom stereocenters. The van der Waals surface area contributed by atoms with Gasteiger partial charge in [0.05, 0.1) is 24.4 Å². The lowest BCUT2D eigenvalue weighted by Crippen LogP contribution is -2.45. The Morgan fingerprint density at radius 2 is 1.87 bits per heavy atom. The molecule has 0 heterocycles. The summed E-state index contributed by atoms with van der Waals surface area (Å²) < 4.78 is 4.87. The first-order valence-corrected chi connectivity index (χ1v) is 10.2. The van der Waals surface area contributed by atoms with Crippen LogP contribution in [0.15, 0.2) is 4.99 Å². The summed E-state index contributed by atoms with van der Waals surface area (Å²) in [5, 5.41) is 5.58. The van der Waals surface area contributed by atoms with Crippen molar-refractivity contribution in [2.75, 3.05) is 40.8 Å². The van der Waals surface area contributed by atoms with Crippen LogP contribution in [0.2, 0.25) is 0 Å². The van der Waals surface area contributed by atoms with E-state index < -0.39 is 17.9 Å². The molecular formula is C20H37N5O5. The number of aliphatic imine (C=N–C) groups is 1. The highest BCUT2D eigenvalue weighted by atomic mass is 16.5. The number of carbonyl (C=O) groups is 4. The predicted molar refractivity (Wildman–Crippen MR) is 115 cm³/mol. The number of ether oxygens (including phenoxy) is 1. The van der Waals surface area contributed by atoms with E-state index in [9.17, 15) is 19.2 Å². The molecule has 4 N–H and O–H groups in total. The largest absolute Gasteiger partial charge is 0.465 e. The molecule has 10 nitrogen and oxygen atoms in total. The van der Waals surface area contributed by atoms with E-state index in [0.717, 1.165) is 6.42 Å². The maximum absolute atomic E-state index is 12.8. The minimum Gasteiger partial charge on any atom is -0.465 e. The summed E-state index contributed by atoms with van der Waals surface area (Å²) in [4.78, 5) is 53.9. The molecule has 0 unspecified atom stereocenters. The number of likely N-dealkylation sites (N-methyl/N-ethyl adjacent to an activating group) is 1. The number of amides is 2. The maximum Gasteiger partial charge on any atom is 0.325 e. The molecule has 0 aliphatic heterocycles. The molecular weight excluding hydrogens is 390 g/mol. The molecule has 0 saturated heterocycles. The van der Waals surface area contributed by atoms with Crippen molar-refractivity contribution in [3.05, 3.63) is 0 Å². The third kappa shape index (κ3) is 11.5. The van der Waals surface area contributed by atoms with Crippen LogP contribution in [0.3, 0.4) is 0 Å². The van der Waals surface area contributed by atoms with Gasteiger partial charge in [-0.05, 0) is 26.8 Å². The third-order valence-corrected chi connectivity index (χ3v) is 4.52. The monoisotopic (exact) mass is 427 g/mol. The van der Waals surface area contributed by atoms with Crippen molar-refractivity contribution in [2.45, 2.75) is 52.0 Å². The van der Waals surface area contributed by atoms with Gasteiger partial charge in [0, 0.05) is 40.4 Å². The first-order valence-electron chi connectivity index (χ1n) is 10.2. The van der Waals surface area contributed by atoms with Gasteiger partial charge in [-0.3, -0.25) is 24.2 Å². The van der Waals surface area contributed by atoms with Crippen molar-refractivity contribution < 1.29 is 23.9 Å². The summed E-state index contributed by atoms with van der Waals surface area (Å²) >= 11 is 0. The summed E-state index contributed by atoms with van der Waals surface area (Å²) in [5.74, 6) is -1.48. The van der Waals surface area contributed by atoms with E-state index in [1.807, 2.05) is 0 Å². The molecule has 0 spiro atoms. The van der Waals surface area contributed by atoms with Crippen molar-refractivity contribution >= 4 is 29.4 Å². The molecule has 0 radical (unpaired) electrons. The Hall–Kier alpha value is -2.49. The Labute approximate surface area is 179 Å². The number of esters is 1. The number of unbranched alkanes of at least 4 members (excludes halogenated alkanes) is 1. The number of Topliss-reactive ketones (excluding diaryl/α,β-unsaturated/α-hetero) is 1. The Morgan fingerprint density at radius 1 is 1.20 bits per heavy atom. The molecule has 0 fully saturated rings. The molecule has 0 aromatic heterocycles. The minimum absolute atomic E-state index is 0.0453. The number of ketones is 1. The molecule has 10 heteroatoms. The van der Waals surface area contributed by atoms with E-state index in [0.29, 0.717) is 25.1 Å². The fourth-order valence-electron chi connectivity index (χ4n) is 2.99. The highest BCUT2D eigenvalue weighted by Gasteiger charge is 2.29. The Balaban J connectivity index is 5.01. The summed E-state index contributed by atoms with van der Waals surface area (Å²) in [7, 11) is 4.80. The highest BCUT2D eigenvalue weighted by molar-refractivity contribution is 5.92. The van der Waals surface area contributed by atoms with Gasteiger partial charge in [0.25, 0.3) is 0 Å². The van der Waals surface area contributed by atoms with Gasteiger partial charge >= 0.3 is 5.97 Å². The zero-order valence-corrected chi connectivity index (χ0v) is 18.8. The fraction of sp³-hybridized carbons (Fsp3) is 0.750. The molecule has 2 amide bonds. The second kappa shape index (κ2) is 15.4. The first-order chi connectivity index (χ1) is 14.2. The Bertz CT molecular complexity index is 608. The van der Waals surface area contributed by atoms with Crippen LogP contribution in [0.5, 0.6) is 0 Å². The summed E-state index contributed by atoms with van der Waals surface area (Å²) in [6.07, 6.45) is 2.45. The minimum atomic E-state index is -0.676. The van der Waals surface area contributed by atoms with E-state index in [1.165, 1.54) is 18.9 Å². The predicted octanol–water partition coefficient (Wildman–Crippen LogP) is -0.145. The molecule has 0 bridgehead atoms. The Kier molecular flexibility index (Phi) is 14.1. The van der Waals surface area contributed by atoms with Crippen LogP contribution >= 0.6 is 0 Å². The van der Waals surface area contributed by atoms with Crippen LogP contribution in [0.25, 0.3) is 0 Å². The van der Waals surface area contributed by atoms with E-state index in [2.05, 4.69) is 15.6 Å². The van der Waals surface area contributed by atoms with Crippen molar-refractivity contribution in [1.82, 2.24) is 15.5 Å². The van der Waals surface area contributed by atoms with E-state index in [1.54, 1.807) is 21.0 Å². The highest BCUT2D eigenvalue weighted by Crippen LogP contribution is 2.13. The van der Waals surface area contributed by atoms with Gasteiger partial charge in [-0.2, -0.15) is 0 Å². The average Bonchev–Trinajstić information content (AvgIpc) is 2.68. The number of rotatable bonds is 15. The Morgan fingerprint density at radius 3 is 2.40 bits per heavy atom. The zero-order chi connectivity index (χ0) is 23.1. The molecule has 0 aromatic carbocycles. The van der Waals surface area contributed by atoms with Gasteiger partial charge in [0.15, 0.2) is 5.78 Å². The zero-order valence-electron chi connectivity index (χ0n) is 18.8. The first kappa shape index (κ1) is 27.5. The van der Waals surface area contributed by atoms with Crippen molar-refractivity contribution in [2.24, 2.45) is 16.6 Å². The van der Waals surface area contributed by atoms with Gasteiger partial charge in [0.1, 0.15) is 6.54 Å². The lowest BCUT2D eigenvalue weighted by atomic mass is 9.94. The smallest absolute Gasteiger partial charge is 0.325 e. The van der Waals surface area contributed by atoms with E-state index in [-0.39, 0.29) is 43.7 Å². The van der Waals surface area contributed by atoms with Crippen LogP contribution in [0.4, 0.5) is 0 Å². The maximum atomic E-state index is 12.8. The lowest BCUT2D eigenvalue weighted by Gasteiger charge is -2.24. The molecule has 30 heavy (non-hydrogen) atoms. The van der Waals surface area contributed by atoms with Gasteiger partial charge in [-0.15, -0.1) is 0 Å². The molecule has 172 valence electrons. The quantitative estimate of drug-likeness (QED) is 0.143. The second-order valence-corrected chi connectivity index (χ2v) is 7.14. The average molecular weight is 428 g/mol. The van der Waals surface area contributed by atoms with Crippen molar-refractivity contribution in [3.8, 4) is 0 Å². The molecule has 0 saturated carbocycles. The molecule has 0 aliphatic rings. The van der Waals surface area contributed by atoms with Crippen molar-refractivity contribution in [1.29, 1.82) is 0 Å². The number of nitrogens with one attached hydrogen (secondary N) is 2. The van der Waals surface area contributed by atoms with Crippen LogP contribution in [-0.2, 0) is 23.9 Å². The topological polar surface area (TPSA) is 143 Å². The summed E-state index contributed by atoms with van der Waals surface area (Å²) in [5.41, 5.74) is 5.68. The number of carbonyl (C=O) groups excluding carboxylic acids is 4. The standard InChI is InChI=1S/C20H37N5O5/c1-6-30-19(28)13-25(5)20(29)15(12-22-3)11-17(27)16(24-14(2)26)9-7-8-10-18(21)23-4/h15-16,22H,6-13H2,1-5H3,(H2,21,23)(H,24,26)/t15-,16-/m0/s1. The van der Waals surface area contributed by atoms with Crippen LogP contribution in [0.1, 0.15) is 46.0 Å².